The number of benzene rings is 1. The number of carbonyl (C=O) groups excluding carboxylic acids is 1. The van der Waals surface area contributed by atoms with Gasteiger partial charge >= 0.3 is 5.97 Å². The van der Waals surface area contributed by atoms with Crippen LogP contribution in [0.4, 0.5) is 0 Å². The van der Waals surface area contributed by atoms with Gasteiger partial charge in [0.05, 0.1) is 7.11 Å². The number of hydrogen-bond donors (Lipinski definition) is 0. The number of carbonyl (C=O) groups is 1. The first-order valence-corrected chi connectivity index (χ1v) is 5.48. The molecule has 1 unspecified atom stereocenters. The Kier molecular flexibility index (Phi) is 2.27. The summed E-state index contributed by atoms with van der Waals surface area (Å²) in [7, 11) is 1.44. The number of rotatable bonds is 1. The zero-order chi connectivity index (χ0) is 10.2. The Morgan fingerprint density at radius 1 is 1.50 bits per heavy atom. The van der Waals surface area contributed by atoms with Gasteiger partial charge in [-0.05, 0) is 18.6 Å². The fraction of sp³-hybridized carbons (Fsp3) is 0.364. The molecule has 0 aromatic heterocycles. The second-order valence-electron chi connectivity index (χ2n) is 3.61. The van der Waals surface area contributed by atoms with Crippen molar-refractivity contribution in [1.29, 1.82) is 0 Å². The highest BCUT2D eigenvalue weighted by atomic mass is 32.2. The van der Waals surface area contributed by atoms with Crippen molar-refractivity contribution in [2.45, 2.75) is 17.2 Å². The molecule has 0 amide bonds. The van der Waals surface area contributed by atoms with E-state index in [4.69, 9.17) is 4.74 Å². The van der Waals surface area contributed by atoms with Gasteiger partial charge in [-0.1, -0.05) is 18.2 Å². The minimum atomic E-state index is -0.462. The fourth-order valence-corrected chi connectivity index (χ4v) is 3.08. The van der Waals surface area contributed by atoms with Crippen LogP contribution in [-0.2, 0) is 14.9 Å². The Balaban J connectivity index is 2.47. The molecule has 1 heterocycles. The molecular weight excluding hydrogens is 196 g/mol. The molecule has 2 rings (SSSR count). The van der Waals surface area contributed by atoms with E-state index in [0.29, 0.717) is 0 Å². The lowest BCUT2D eigenvalue weighted by atomic mass is 9.85. The molecule has 74 valence electrons. The summed E-state index contributed by atoms with van der Waals surface area (Å²) in [5, 5.41) is 0. The Morgan fingerprint density at radius 2 is 2.21 bits per heavy atom. The smallest absolute Gasteiger partial charge is 0.316 e. The SMILES string of the molecule is COC(=O)C1(C)CSc2ccccc21. The van der Waals surface area contributed by atoms with Gasteiger partial charge in [-0.25, -0.2) is 0 Å². The van der Waals surface area contributed by atoms with Crippen molar-refractivity contribution in [2.75, 3.05) is 12.9 Å². The van der Waals surface area contributed by atoms with Gasteiger partial charge in [0, 0.05) is 10.6 Å². The van der Waals surface area contributed by atoms with Crippen molar-refractivity contribution in [1.82, 2.24) is 0 Å². The molecule has 0 spiro atoms. The van der Waals surface area contributed by atoms with E-state index in [0.717, 1.165) is 11.3 Å². The lowest BCUT2D eigenvalue weighted by Crippen LogP contribution is -2.33. The van der Waals surface area contributed by atoms with E-state index in [1.165, 1.54) is 12.0 Å². The van der Waals surface area contributed by atoms with Gasteiger partial charge in [0.15, 0.2) is 0 Å². The molecule has 0 saturated carbocycles. The van der Waals surface area contributed by atoms with Crippen LogP contribution < -0.4 is 0 Å². The van der Waals surface area contributed by atoms with Crippen molar-refractivity contribution in [3.63, 3.8) is 0 Å². The molecule has 1 aliphatic heterocycles. The van der Waals surface area contributed by atoms with Gasteiger partial charge in [-0.2, -0.15) is 0 Å². The minimum Gasteiger partial charge on any atom is -0.468 e. The Morgan fingerprint density at radius 3 is 2.93 bits per heavy atom. The number of hydrogen-bond acceptors (Lipinski definition) is 3. The third-order valence-corrected chi connectivity index (χ3v) is 4.02. The summed E-state index contributed by atoms with van der Waals surface area (Å²) in [5.41, 5.74) is 0.632. The second kappa shape index (κ2) is 3.31. The minimum absolute atomic E-state index is 0.144. The predicted octanol–water partition coefficient (Wildman–Crippen LogP) is 2.22. The van der Waals surface area contributed by atoms with Crippen LogP contribution in [0.2, 0.25) is 0 Å². The Bertz CT molecular complexity index is 375. The largest absolute Gasteiger partial charge is 0.468 e. The maximum atomic E-state index is 11.7. The summed E-state index contributed by atoms with van der Waals surface area (Å²) in [5.74, 6) is 0.633. The third-order valence-electron chi connectivity index (χ3n) is 2.63. The van der Waals surface area contributed by atoms with Crippen LogP contribution in [-0.4, -0.2) is 18.8 Å². The van der Waals surface area contributed by atoms with E-state index in [9.17, 15) is 4.79 Å². The van der Waals surface area contributed by atoms with Gasteiger partial charge in [-0.3, -0.25) is 4.79 Å². The molecule has 1 aromatic carbocycles. The van der Waals surface area contributed by atoms with Crippen molar-refractivity contribution in [3.05, 3.63) is 29.8 Å². The van der Waals surface area contributed by atoms with Gasteiger partial charge in [0.1, 0.15) is 5.41 Å². The van der Waals surface area contributed by atoms with E-state index >= 15 is 0 Å². The van der Waals surface area contributed by atoms with Crippen LogP contribution in [0.3, 0.4) is 0 Å². The molecule has 3 heteroatoms. The average Bonchev–Trinajstić information content (AvgIpc) is 2.58. The van der Waals surface area contributed by atoms with Gasteiger partial charge in [0.2, 0.25) is 0 Å². The standard InChI is InChI=1S/C11H12O2S/c1-11(10(12)13-2)7-14-9-6-4-3-5-8(9)11/h3-6H,7H2,1-2H3. The molecule has 1 aromatic rings. The highest BCUT2D eigenvalue weighted by molar-refractivity contribution is 7.99. The van der Waals surface area contributed by atoms with Crippen molar-refractivity contribution < 1.29 is 9.53 Å². The van der Waals surface area contributed by atoms with Crippen LogP contribution in [0.1, 0.15) is 12.5 Å². The summed E-state index contributed by atoms with van der Waals surface area (Å²) in [6, 6.07) is 8.02. The molecule has 0 bridgehead atoms. The van der Waals surface area contributed by atoms with Crippen LogP contribution in [0, 0.1) is 0 Å². The fourth-order valence-electron chi connectivity index (χ4n) is 1.74. The second-order valence-corrected chi connectivity index (χ2v) is 4.63. The zero-order valence-electron chi connectivity index (χ0n) is 8.24. The molecule has 2 nitrogen and oxygen atoms in total. The predicted molar refractivity (Wildman–Crippen MR) is 56.5 cm³/mol. The maximum absolute atomic E-state index is 11.7. The summed E-state index contributed by atoms with van der Waals surface area (Å²) in [6.45, 7) is 1.94. The van der Waals surface area contributed by atoms with E-state index in [1.807, 2.05) is 31.2 Å². The molecule has 14 heavy (non-hydrogen) atoms. The van der Waals surface area contributed by atoms with Crippen LogP contribution in [0.15, 0.2) is 29.2 Å². The van der Waals surface area contributed by atoms with Gasteiger partial charge in [-0.15, -0.1) is 11.8 Å². The summed E-state index contributed by atoms with van der Waals surface area (Å²) in [4.78, 5) is 12.9. The van der Waals surface area contributed by atoms with Crippen molar-refractivity contribution in [3.8, 4) is 0 Å². The molecule has 0 aliphatic carbocycles. The summed E-state index contributed by atoms with van der Waals surface area (Å²) in [6.07, 6.45) is 0. The zero-order valence-corrected chi connectivity index (χ0v) is 9.06. The van der Waals surface area contributed by atoms with E-state index in [1.54, 1.807) is 11.8 Å². The number of methoxy groups -OCH3 is 1. The monoisotopic (exact) mass is 208 g/mol. The highest BCUT2D eigenvalue weighted by Gasteiger charge is 2.42. The molecule has 0 N–H and O–H groups in total. The van der Waals surface area contributed by atoms with Crippen LogP contribution >= 0.6 is 11.8 Å². The lowest BCUT2D eigenvalue weighted by Gasteiger charge is -2.20. The van der Waals surface area contributed by atoms with Gasteiger partial charge in [0.25, 0.3) is 0 Å². The molecule has 0 saturated heterocycles. The summed E-state index contributed by atoms with van der Waals surface area (Å²) >= 11 is 1.72. The van der Waals surface area contributed by atoms with Crippen LogP contribution in [0.5, 0.6) is 0 Å². The molecule has 1 atom stereocenters. The lowest BCUT2D eigenvalue weighted by molar-refractivity contribution is -0.145. The maximum Gasteiger partial charge on any atom is 0.316 e. The Hall–Kier alpha value is -0.960. The molecule has 0 radical (unpaired) electrons. The van der Waals surface area contributed by atoms with E-state index < -0.39 is 5.41 Å². The first-order chi connectivity index (χ1) is 6.68. The van der Waals surface area contributed by atoms with Crippen molar-refractivity contribution in [2.24, 2.45) is 0 Å². The molecule has 0 fully saturated rings. The van der Waals surface area contributed by atoms with Crippen LogP contribution in [0.25, 0.3) is 0 Å². The quantitative estimate of drug-likeness (QED) is 0.662. The van der Waals surface area contributed by atoms with E-state index in [2.05, 4.69) is 0 Å². The summed E-state index contributed by atoms with van der Waals surface area (Å²) < 4.78 is 4.84. The Labute approximate surface area is 87.6 Å². The van der Waals surface area contributed by atoms with E-state index in [-0.39, 0.29) is 5.97 Å². The number of esters is 1. The first-order valence-electron chi connectivity index (χ1n) is 4.49. The number of thioether (sulfide) groups is 1. The highest BCUT2D eigenvalue weighted by Crippen LogP contribution is 2.44. The molecule has 1 aliphatic rings. The number of ether oxygens (including phenoxy) is 1. The first kappa shape index (κ1) is 9.59. The normalized spacial score (nSPS) is 24.4. The topological polar surface area (TPSA) is 26.3 Å². The third kappa shape index (κ3) is 1.23. The van der Waals surface area contributed by atoms with Gasteiger partial charge < -0.3 is 4.74 Å². The average molecular weight is 208 g/mol. The molecular formula is C11H12O2S. The number of fused-ring (bicyclic) bond motifs is 1. The van der Waals surface area contributed by atoms with Crippen molar-refractivity contribution >= 4 is 17.7 Å².